The van der Waals surface area contributed by atoms with Crippen LogP contribution in [0.5, 0.6) is 0 Å². The van der Waals surface area contributed by atoms with Crippen molar-refractivity contribution in [3.8, 4) is 0 Å². The van der Waals surface area contributed by atoms with Crippen molar-refractivity contribution >= 4 is 5.78 Å². The SMILES string of the molecule is CCCCOCCC(=O)CC1CCCO1. The fourth-order valence-electron chi connectivity index (χ4n) is 1.70. The van der Waals surface area contributed by atoms with E-state index in [1.54, 1.807) is 0 Å². The number of carbonyl (C=O) groups is 1. The third-order valence-electron chi connectivity index (χ3n) is 2.65. The molecule has 3 nitrogen and oxygen atoms in total. The first kappa shape index (κ1) is 12.7. The number of hydrogen-bond donors (Lipinski definition) is 0. The van der Waals surface area contributed by atoms with E-state index in [0.717, 1.165) is 38.9 Å². The second-order valence-electron chi connectivity index (χ2n) is 4.09. The van der Waals surface area contributed by atoms with Crippen molar-refractivity contribution in [2.45, 2.75) is 51.6 Å². The molecular weight excluding hydrogens is 192 g/mol. The predicted octanol–water partition coefficient (Wildman–Crippen LogP) is 2.33. The Hall–Kier alpha value is -0.410. The molecule has 3 heteroatoms. The van der Waals surface area contributed by atoms with E-state index < -0.39 is 0 Å². The highest BCUT2D eigenvalue weighted by Crippen LogP contribution is 2.16. The van der Waals surface area contributed by atoms with Gasteiger partial charge in [0.05, 0.1) is 12.7 Å². The van der Waals surface area contributed by atoms with Crippen LogP contribution in [0, 0.1) is 0 Å². The second kappa shape index (κ2) is 7.83. The van der Waals surface area contributed by atoms with Crippen LogP contribution in [0.25, 0.3) is 0 Å². The van der Waals surface area contributed by atoms with Crippen LogP contribution in [0.1, 0.15) is 45.4 Å². The highest BCUT2D eigenvalue weighted by Gasteiger charge is 2.18. The first-order valence-corrected chi connectivity index (χ1v) is 6.04. The lowest BCUT2D eigenvalue weighted by Gasteiger charge is -2.08. The zero-order valence-electron chi connectivity index (χ0n) is 9.67. The van der Waals surface area contributed by atoms with Crippen molar-refractivity contribution in [3.05, 3.63) is 0 Å². The van der Waals surface area contributed by atoms with Crippen LogP contribution in [0.3, 0.4) is 0 Å². The summed E-state index contributed by atoms with van der Waals surface area (Å²) < 4.78 is 10.8. The fraction of sp³-hybridized carbons (Fsp3) is 0.917. The number of hydrogen-bond acceptors (Lipinski definition) is 3. The van der Waals surface area contributed by atoms with Gasteiger partial charge in [0, 0.05) is 26.1 Å². The molecule has 1 fully saturated rings. The fourth-order valence-corrected chi connectivity index (χ4v) is 1.70. The van der Waals surface area contributed by atoms with Crippen molar-refractivity contribution in [3.63, 3.8) is 0 Å². The molecule has 1 rings (SSSR count). The number of carbonyl (C=O) groups excluding carboxylic acids is 1. The topological polar surface area (TPSA) is 35.5 Å². The van der Waals surface area contributed by atoms with E-state index in [4.69, 9.17) is 9.47 Å². The predicted molar refractivity (Wildman–Crippen MR) is 58.9 cm³/mol. The largest absolute Gasteiger partial charge is 0.381 e. The zero-order chi connectivity index (χ0) is 10.9. The van der Waals surface area contributed by atoms with Gasteiger partial charge in [-0.2, -0.15) is 0 Å². The van der Waals surface area contributed by atoms with Crippen LogP contribution in [0.15, 0.2) is 0 Å². The standard InChI is InChI=1S/C12H22O3/c1-2-3-7-14-9-6-11(13)10-12-5-4-8-15-12/h12H,2-10H2,1H3. The Morgan fingerprint density at radius 2 is 2.33 bits per heavy atom. The number of rotatable bonds is 8. The molecule has 0 N–H and O–H groups in total. The van der Waals surface area contributed by atoms with Crippen molar-refractivity contribution < 1.29 is 14.3 Å². The van der Waals surface area contributed by atoms with Gasteiger partial charge in [0.25, 0.3) is 0 Å². The average Bonchev–Trinajstić information content (AvgIpc) is 2.70. The number of Topliss-reactive ketones (excluding diaryl/α,β-unsaturated/α-hetero) is 1. The van der Waals surface area contributed by atoms with Crippen LogP contribution in [0.4, 0.5) is 0 Å². The molecule has 0 saturated carbocycles. The molecular formula is C12H22O3. The Morgan fingerprint density at radius 3 is 3.00 bits per heavy atom. The third-order valence-corrected chi connectivity index (χ3v) is 2.65. The summed E-state index contributed by atoms with van der Waals surface area (Å²) in [6.45, 7) is 4.31. The van der Waals surface area contributed by atoms with Crippen molar-refractivity contribution in [2.24, 2.45) is 0 Å². The van der Waals surface area contributed by atoms with Crippen LogP contribution in [-0.4, -0.2) is 31.7 Å². The summed E-state index contributed by atoms with van der Waals surface area (Å²) >= 11 is 0. The van der Waals surface area contributed by atoms with E-state index in [2.05, 4.69) is 6.92 Å². The minimum Gasteiger partial charge on any atom is -0.381 e. The average molecular weight is 214 g/mol. The normalized spacial score (nSPS) is 20.7. The lowest BCUT2D eigenvalue weighted by Crippen LogP contribution is -2.14. The summed E-state index contributed by atoms with van der Waals surface area (Å²) in [6.07, 6.45) is 5.69. The van der Waals surface area contributed by atoms with E-state index >= 15 is 0 Å². The highest BCUT2D eigenvalue weighted by molar-refractivity contribution is 5.78. The smallest absolute Gasteiger partial charge is 0.137 e. The minimum atomic E-state index is 0.188. The van der Waals surface area contributed by atoms with Crippen molar-refractivity contribution in [1.82, 2.24) is 0 Å². The van der Waals surface area contributed by atoms with Crippen molar-refractivity contribution in [2.75, 3.05) is 19.8 Å². The number of unbranched alkanes of at least 4 members (excludes halogenated alkanes) is 1. The minimum absolute atomic E-state index is 0.188. The van der Waals surface area contributed by atoms with Gasteiger partial charge in [-0.3, -0.25) is 4.79 Å². The van der Waals surface area contributed by atoms with Crippen LogP contribution in [0.2, 0.25) is 0 Å². The highest BCUT2D eigenvalue weighted by atomic mass is 16.5. The van der Waals surface area contributed by atoms with Gasteiger partial charge in [-0.15, -0.1) is 0 Å². The van der Waals surface area contributed by atoms with Crippen molar-refractivity contribution in [1.29, 1.82) is 0 Å². The molecule has 88 valence electrons. The van der Waals surface area contributed by atoms with Gasteiger partial charge < -0.3 is 9.47 Å². The second-order valence-corrected chi connectivity index (χ2v) is 4.09. The van der Waals surface area contributed by atoms with E-state index in [1.165, 1.54) is 0 Å². The van der Waals surface area contributed by atoms with Gasteiger partial charge in [0.1, 0.15) is 5.78 Å². The summed E-state index contributed by atoms with van der Waals surface area (Å²) in [4.78, 5) is 11.5. The molecule has 0 spiro atoms. The maximum absolute atomic E-state index is 11.5. The maximum Gasteiger partial charge on any atom is 0.137 e. The van der Waals surface area contributed by atoms with E-state index in [-0.39, 0.29) is 11.9 Å². The van der Waals surface area contributed by atoms with Gasteiger partial charge in [0.2, 0.25) is 0 Å². The Kier molecular flexibility index (Phi) is 6.60. The van der Waals surface area contributed by atoms with Gasteiger partial charge in [-0.1, -0.05) is 13.3 Å². The molecule has 0 bridgehead atoms. The molecule has 1 aliphatic rings. The van der Waals surface area contributed by atoms with E-state index in [0.29, 0.717) is 19.4 Å². The summed E-state index contributed by atoms with van der Waals surface area (Å²) in [5.74, 6) is 0.276. The molecule has 0 aromatic rings. The van der Waals surface area contributed by atoms with Crippen LogP contribution in [-0.2, 0) is 14.3 Å². The number of ketones is 1. The monoisotopic (exact) mass is 214 g/mol. The van der Waals surface area contributed by atoms with Gasteiger partial charge in [-0.25, -0.2) is 0 Å². The lowest BCUT2D eigenvalue weighted by atomic mass is 10.1. The molecule has 1 heterocycles. The number of ether oxygens (including phenoxy) is 2. The summed E-state index contributed by atoms with van der Waals surface area (Å²) in [7, 11) is 0. The van der Waals surface area contributed by atoms with E-state index in [9.17, 15) is 4.79 Å². The van der Waals surface area contributed by atoms with Gasteiger partial charge in [0.15, 0.2) is 0 Å². The first-order valence-electron chi connectivity index (χ1n) is 6.04. The van der Waals surface area contributed by atoms with Gasteiger partial charge in [-0.05, 0) is 19.3 Å². The molecule has 15 heavy (non-hydrogen) atoms. The first-order chi connectivity index (χ1) is 7.33. The molecule has 0 aromatic carbocycles. The lowest BCUT2D eigenvalue weighted by molar-refractivity contribution is -0.122. The maximum atomic E-state index is 11.5. The molecule has 0 aliphatic carbocycles. The Morgan fingerprint density at radius 1 is 1.47 bits per heavy atom. The summed E-state index contributed by atoms with van der Waals surface area (Å²) in [6, 6.07) is 0. The molecule has 0 radical (unpaired) electrons. The van der Waals surface area contributed by atoms with Crippen LogP contribution < -0.4 is 0 Å². The summed E-state index contributed by atoms with van der Waals surface area (Å²) in [5, 5.41) is 0. The van der Waals surface area contributed by atoms with Crippen LogP contribution >= 0.6 is 0 Å². The molecule has 1 saturated heterocycles. The molecule has 0 aromatic heterocycles. The van der Waals surface area contributed by atoms with Gasteiger partial charge >= 0.3 is 0 Å². The van der Waals surface area contributed by atoms with E-state index in [1.807, 2.05) is 0 Å². The molecule has 0 amide bonds. The zero-order valence-corrected chi connectivity index (χ0v) is 9.67. The molecule has 1 unspecified atom stereocenters. The Bertz CT molecular complexity index is 174. The molecule has 1 aliphatic heterocycles. The Balaban J connectivity index is 1.93. The molecule has 1 atom stereocenters. The third kappa shape index (κ3) is 5.90. The Labute approximate surface area is 92.1 Å². The summed E-state index contributed by atoms with van der Waals surface area (Å²) in [5.41, 5.74) is 0. The quantitative estimate of drug-likeness (QED) is 0.582.